The van der Waals surface area contributed by atoms with Crippen molar-refractivity contribution in [2.45, 2.75) is 32.9 Å². The quantitative estimate of drug-likeness (QED) is 0.585. The highest BCUT2D eigenvalue weighted by Gasteiger charge is 2.10. The SMILES string of the molecule is CCCCn1nc(C(=O)N=c2sccn2Cc2ccc(Cl)cc2Cl)ccc1=O. The van der Waals surface area contributed by atoms with Crippen LogP contribution < -0.4 is 10.4 Å². The Kier molecular flexibility index (Phi) is 6.83. The van der Waals surface area contributed by atoms with E-state index in [1.165, 1.54) is 28.2 Å². The van der Waals surface area contributed by atoms with Crippen molar-refractivity contribution < 1.29 is 4.79 Å². The van der Waals surface area contributed by atoms with Crippen molar-refractivity contribution in [1.82, 2.24) is 14.3 Å². The third-order valence-corrected chi connectivity index (χ3v) is 5.40. The van der Waals surface area contributed by atoms with Gasteiger partial charge < -0.3 is 4.57 Å². The molecular weight excluding hydrogens is 419 g/mol. The third kappa shape index (κ3) is 4.98. The molecule has 0 saturated heterocycles. The molecule has 1 aromatic carbocycles. The lowest BCUT2D eigenvalue weighted by atomic mass is 10.2. The molecular formula is C19H18Cl2N4O2S. The van der Waals surface area contributed by atoms with Gasteiger partial charge in [-0.2, -0.15) is 10.1 Å². The molecule has 0 unspecified atom stereocenters. The van der Waals surface area contributed by atoms with E-state index in [9.17, 15) is 9.59 Å². The van der Waals surface area contributed by atoms with Crippen LogP contribution in [0.4, 0.5) is 0 Å². The molecule has 2 heterocycles. The van der Waals surface area contributed by atoms with Crippen LogP contribution in [0, 0.1) is 0 Å². The van der Waals surface area contributed by atoms with Crippen molar-refractivity contribution in [3.05, 3.63) is 78.4 Å². The third-order valence-electron chi connectivity index (χ3n) is 4.02. The summed E-state index contributed by atoms with van der Waals surface area (Å²) in [5.41, 5.74) is 0.776. The van der Waals surface area contributed by atoms with E-state index in [0.29, 0.717) is 27.9 Å². The summed E-state index contributed by atoms with van der Waals surface area (Å²) in [6.45, 7) is 2.96. The van der Waals surface area contributed by atoms with E-state index in [4.69, 9.17) is 23.2 Å². The number of amides is 1. The zero-order valence-corrected chi connectivity index (χ0v) is 17.5. The van der Waals surface area contributed by atoms with Crippen LogP contribution in [0.3, 0.4) is 0 Å². The molecule has 9 heteroatoms. The van der Waals surface area contributed by atoms with Crippen molar-refractivity contribution in [3.8, 4) is 0 Å². The Labute approximate surface area is 175 Å². The van der Waals surface area contributed by atoms with Crippen molar-refractivity contribution in [3.63, 3.8) is 0 Å². The number of carbonyl (C=O) groups is 1. The summed E-state index contributed by atoms with van der Waals surface area (Å²) in [6, 6.07) is 8.04. The monoisotopic (exact) mass is 436 g/mol. The first-order valence-electron chi connectivity index (χ1n) is 8.73. The zero-order valence-electron chi connectivity index (χ0n) is 15.1. The highest BCUT2D eigenvalue weighted by Crippen LogP contribution is 2.21. The minimum Gasteiger partial charge on any atom is -0.319 e. The van der Waals surface area contributed by atoms with E-state index >= 15 is 0 Å². The van der Waals surface area contributed by atoms with Crippen LogP contribution in [-0.2, 0) is 13.1 Å². The summed E-state index contributed by atoms with van der Waals surface area (Å²) < 4.78 is 3.13. The Bertz CT molecular complexity index is 1120. The highest BCUT2D eigenvalue weighted by atomic mass is 35.5. The molecule has 3 rings (SSSR count). The van der Waals surface area contributed by atoms with Gasteiger partial charge in [0.25, 0.3) is 11.5 Å². The number of rotatable bonds is 6. The molecule has 0 aliphatic carbocycles. The number of thiazole rings is 1. The molecule has 1 amide bonds. The summed E-state index contributed by atoms with van der Waals surface area (Å²) >= 11 is 13.5. The van der Waals surface area contributed by atoms with Gasteiger partial charge in [0.1, 0.15) is 0 Å². The Morgan fingerprint density at radius 1 is 1.25 bits per heavy atom. The zero-order chi connectivity index (χ0) is 20.1. The van der Waals surface area contributed by atoms with Crippen LogP contribution in [0.2, 0.25) is 10.0 Å². The normalized spacial score (nSPS) is 11.8. The molecule has 0 saturated carbocycles. The number of aryl methyl sites for hydroxylation is 1. The van der Waals surface area contributed by atoms with Gasteiger partial charge >= 0.3 is 0 Å². The topological polar surface area (TPSA) is 69.2 Å². The van der Waals surface area contributed by atoms with Crippen molar-refractivity contribution in [1.29, 1.82) is 0 Å². The fourth-order valence-corrected chi connectivity index (χ4v) is 3.71. The van der Waals surface area contributed by atoms with Crippen molar-refractivity contribution in [2.75, 3.05) is 0 Å². The Hall–Kier alpha value is -2.22. The minimum absolute atomic E-state index is 0.139. The molecule has 0 fully saturated rings. The largest absolute Gasteiger partial charge is 0.319 e. The minimum atomic E-state index is -0.497. The lowest BCUT2D eigenvalue weighted by molar-refractivity contribution is 0.0990. The van der Waals surface area contributed by atoms with E-state index in [-0.39, 0.29) is 11.3 Å². The maximum atomic E-state index is 12.6. The molecule has 0 atom stereocenters. The maximum absolute atomic E-state index is 12.6. The Morgan fingerprint density at radius 2 is 2.07 bits per heavy atom. The second kappa shape index (κ2) is 9.32. The first kappa shape index (κ1) is 20.5. The van der Waals surface area contributed by atoms with Gasteiger partial charge in [-0.25, -0.2) is 4.68 Å². The predicted molar refractivity (Wildman–Crippen MR) is 111 cm³/mol. The summed E-state index contributed by atoms with van der Waals surface area (Å²) in [5.74, 6) is -0.497. The number of nitrogens with zero attached hydrogens (tertiary/aromatic N) is 4. The Morgan fingerprint density at radius 3 is 2.82 bits per heavy atom. The molecule has 0 aliphatic heterocycles. The van der Waals surface area contributed by atoms with Gasteiger partial charge in [0, 0.05) is 34.2 Å². The van der Waals surface area contributed by atoms with Crippen molar-refractivity contribution in [2.24, 2.45) is 4.99 Å². The maximum Gasteiger partial charge on any atom is 0.300 e. The van der Waals surface area contributed by atoms with Gasteiger partial charge in [-0.15, -0.1) is 11.3 Å². The first-order chi connectivity index (χ1) is 13.5. The first-order valence-corrected chi connectivity index (χ1v) is 10.4. The van der Waals surface area contributed by atoms with Gasteiger partial charge in [-0.3, -0.25) is 9.59 Å². The van der Waals surface area contributed by atoms with Crippen LogP contribution >= 0.6 is 34.5 Å². The number of aromatic nitrogens is 3. The molecule has 146 valence electrons. The summed E-state index contributed by atoms with van der Waals surface area (Å²) in [6.07, 6.45) is 3.57. The number of hydrogen-bond acceptors (Lipinski definition) is 4. The molecule has 2 aromatic heterocycles. The molecule has 0 radical (unpaired) electrons. The van der Waals surface area contributed by atoms with Crippen LogP contribution in [0.5, 0.6) is 0 Å². The number of carbonyl (C=O) groups excluding carboxylic acids is 1. The Balaban J connectivity index is 1.87. The van der Waals surface area contributed by atoms with E-state index in [0.717, 1.165) is 18.4 Å². The van der Waals surface area contributed by atoms with Crippen LogP contribution in [0.25, 0.3) is 0 Å². The molecule has 0 aliphatic rings. The second-order valence-electron chi connectivity index (χ2n) is 6.10. The van der Waals surface area contributed by atoms with Crippen LogP contribution in [-0.4, -0.2) is 20.3 Å². The average molecular weight is 437 g/mol. The van der Waals surface area contributed by atoms with Gasteiger partial charge in [0.15, 0.2) is 10.5 Å². The second-order valence-corrected chi connectivity index (χ2v) is 7.82. The van der Waals surface area contributed by atoms with Gasteiger partial charge in [-0.1, -0.05) is 42.6 Å². The van der Waals surface area contributed by atoms with Gasteiger partial charge in [0.2, 0.25) is 0 Å². The standard InChI is InChI=1S/C19H18Cl2N4O2S/c1-2-3-8-25-17(26)7-6-16(23-25)18(27)22-19-24(9-10-28-19)12-13-4-5-14(20)11-15(13)21/h4-7,9-11H,2-3,8,12H2,1H3. The number of benzene rings is 1. The average Bonchev–Trinajstić information content (AvgIpc) is 3.10. The highest BCUT2D eigenvalue weighted by molar-refractivity contribution is 7.07. The number of unbranched alkanes of at least 4 members (excludes halogenated alkanes) is 1. The lowest BCUT2D eigenvalue weighted by Crippen LogP contribution is -2.25. The van der Waals surface area contributed by atoms with Crippen molar-refractivity contribution >= 4 is 40.4 Å². The smallest absolute Gasteiger partial charge is 0.300 e. The van der Waals surface area contributed by atoms with Gasteiger partial charge in [0.05, 0.1) is 6.54 Å². The summed E-state index contributed by atoms with van der Waals surface area (Å²) in [4.78, 5) is 29.1. The molecule has 6 nitrogen and oxygen atoms in total. The van der Waals surface area contributed by atoms with Gasteiger partial charge in [-0.05, 0) is 30.2 Å². The van der Waals surface area contributed by atoms with E-state index in [2.05, 4.69) is 10.1 Å². The molecule has 0 bridgehead atoms. The number of halogens is 2. The fraction of sp³-hybridized carbons (Fsp3) is 0.263. The molecule has 28 heavy (non-hydrogen) atoms. The molecule has 0 N–H and O–H groups in total. The molecule has 3 aromatic rings. The predicted octanol–water partition coefficient (Wildman–Crippen LogP) is 4.00. The van der Waals surface area contributed by atoms with Crippen LogP contribution in [0.15, 0.2) is 51.7 Å². The summed E-state index contributed by atoms with van der Waals surface area (Å²) in [7, 11) is 0. The van der Waals surface area contributed by atoms with E-state index in [1.54, 1.807) is 12.1 Å². The fourth-order valence-electron chi connectivity index (χ4n) is 2.52. The molecule has 0 spiro atoms. The van der Waals surface area contributed by atoms with E-state index < -0.39 is 5.91 Å². The number of hydrogen-bond donors (Lipinski definition) is 0. The van der Waals surface area contributed by atoms with Crippen LogP contribution in [0.1, 0.15) is 35.8 Å². The van der Waals surface area contributed by atoms with E-state index in [1.807, 2.05) is 29.1 Å². The lowest BCUT2D eigenvalue weighted by Gasteiger charge is -2.06. The summed E-state index contributed by atoms with van der Waals surface area (Å²) in [5, 5.41) is 7.10.